The minimum absolute atomic E-state index is 0.102. The largest absolute Gasteiger partial charge is 0.472 e. The Morgan fingerprint density at radius 1 is 0.302 bits per heavy atom. The molecule has 0 aliphatic heterocycles. The maximum absolute atomic E-state index is 13.1. The molecule has 0 aromatic carbocycles. The van der Waals surface area contributed by atoms with Crippen molar-refractivity contribution in [1.29, 1.82) is 0 Å². The van der Waals surface area contributed by atoms with Gasteiger partial charge in [0.05, 0.1) is 26.4 Å². The van der Waals surface area contributed by atoms with Gasteiger partial charge in [-0.25, -0.2) is 9.13 Å². The van der Waals surface area contributed by atoms with Gasteiger partial charge in [0.2, 0.25) is 0 Å². The highest BCUT2D eigenvalue weighted by molar-refractivity contribution is 7.47. The highest BCUT2D eigenvalue weighted by Gasteiger charge is 2.30. The Morgan fingerprint density at radius 3 is 0.792 bits per heavy atom. The molecule has 3 unspecified atom stereocenters. The Bertz CT molecular complexity index is 1860. The van der Waals surface area contributed by atoms with Gasteiger partial charge in [0.15, 0.2) is 12.2 Å². The van der Waals surface area contributed by atoms with Gasteiger partial charge in [0.25, 0.3) is 0 Å². The van der Waals surface area contributed by atoms with E-state index in [2.05, 4.69) is 41.5 Å². The third-order valence-corrected chi connectivity index (χ3v) is 20.2. The van der Waals surface area contributed by atoms with E-state index in [4.69, 9.17) is 37.0 Å². The molecule has 570 valence electrons. The molecule has 0 spiro atoms. The van der Waals surface area contributed by atoms with E-state index in [9.17, 15) is 43.2 Å². The van der Waals surface area contributed by atoms with Gasteiger partial charge < -0.3 is 33.8 Å². The summed E-state index contributed by atoms with van der Waals surface area (Å²) < 4.78 is 68.4. The second kappa shape index (κ2) is 68.8. The van der Waals surface area contributed by atoms with E-state index >= 15 is 0 Å². The second-order valence-corrected chi connectivity index (χ2v) is 31.4. The molecule has 96 heavy (non-hydrogen) atoms. The summed E-state index contributed by atoms with van der Waals surface area (Å²) in [4.78, 5) is 72.6. The van der Waals surface area contributed by atoms with Crippen LogP contribution in [0.25, 0.3) is 0 Å². The normalized spacial score (nSPS) is 14.3. The van der Waals surface area contributed by atoms with Crippen molar-refractivity contribution in [2.24, 2.45) is 11.8 Å². The molecular formula is C77H150O17P2. The number of rotatable bonds is 76. The Balaban J connectivity index is 5.15. The lowest BCUT2D eigenvalue weighted by molar-refractivity contribution is -0.161. The van der Waals surface area contributed by atoms with E-state index in [1.165, 1.54) is 212 Å². The average Bonchev–Trinajstić information content (AvgIpc) is 1.99. The van der Waals surface area contributed by atoms with Crippen LogP contribution in [-0.2, 0) is 65.4 Å². The van der Waals surface area contributed by atoms with E-state index in [0.29, 0.717) is 31.6 Å². The van der Waals surface area contributed by atoms with Crippen LogP contribution in [0.1, 0.15) is 401 Å². The molecule has 0 aromatic heterocycles. The van der Waals surface area contributed by atoms with Crippen molar-refractivity contribution in [3.63, 3.8) is 0 Å². The molecule has 0 heterocycles. The van der Waals surface area contributed by atoms with Gasteiger partial charge in [0.1, 0.15) is 19.3 Å². The standard InChI is InChI=1S/C77H150O17P2/c1-7-10-12-14-16-18-19-20-21-24-28-31-34-37-41-48-54-60-75(80)88-65-72(93-76(81)61-55-49-42-38-35-32-29-26-23-22-25-27-30-33-36-39-46-52-58-70(6)9-3)67-91-95(83,84)89-63-71(78)64-90-96(85,86)92-68-73(66-87-74(79)59-53-47-40-17-15-13-11-8-2)94-77(82)62-56-50-44-43-45-51-57-69(4)5/h69-73,78H,7-68H2,1-6H3,(H,83,84)(H,85,86)/t70?,71-,72-,73-/m1/s1. The second-order valence-electron chi connectivity index (χ2n) is 28.5. The van der Waals surface area contributed by atoms with Gasteiger partial charge in [-0.05, 0) is 37.5 Å². The summed E-state index contributed by atoms with van der Waals surface area (Å²) in [7, 11) is -9.90. The molecular weight excluding hydrogens is 1260 g/mol. The lowest BCUT2D eigenvalue weighted by atomic mass is 9.99. The lowest BCUT2D eigenvalue weighted by Crippen LogP contribution is -2.30. The van der Waals surface area contributed by atoms with Crippen LogP contribution in [-0.4, -0.2) is 96.7 Å². The van der Waals surface area contributed by atoms with Crippen molar-refractivity contribution in [3.8, 4) is 0 Å². The monoisotopic (exact) mass is 1410 g/mol. The fourth-order valence-electron chi connectivity index (χ4n) is 11.8. The van der Waals surface area contributed by atoms with Crippen molar-refractivity contribution in [3.05, 3.63) is 0 Å². The average molecular weight is 1410 g/mol. The molecule has 0 radical (unpaired) electrons. The number of esters is 4. The molecule has 0 bridgehead atoms. The van der Waals surface area contributed by atoms with E-state index < -0.39 is 97.5 Å². The summed E-state index contributed by atoms with van der Waals surface area (Å²) in [5, 5.41) is 10.6. The smallest absolute Gasteiger partial charge is 0.462 e. The van der Waals surface area contributed by atoms with Gasteiger partial charge in [-0.2, -0.15) is 0 Å². The van der Waals surface area contributed by atoms with Crippen LogP contribution >= 0.6 is 15.6 Å². The molecule has 0 amide bonds. The van der Waals surface area contributed by atoms with Gasteiger partial charge >= 0.3 is 39.5 Å². The predicted octanol–water partition coefficient (Wildman–Crippen LogP) is 22.7. The zero-order valence-electron chi connectivity index (χ0n) is 62.7. The van der Waals surface area contributed by atoms with Gasteiger partial charge in [-0.1, -0.05) is 350 Å². The molecule has 6 atom stereocenters. The molecule has 0 aliphatic rings. The van der Waals surface area contributed by atoms with Crippen LogP contribution in [0.3, 0.4) is 0 Å². The number of hydrogen-bond donors (Lipinski definition) is 3. The van der Waals surface area contributed by atoms with Crippen LogP contribution in [0.5, 0.6) is 0 Å². The Hall–Kier alpha value is -1.94. The maximum atomic E-state index is 13.1. The Morgan fingerprint density at radius 2 is 0.531 bits per heavy atom. The molecule has 0 saturated heterocycles. The highest BCUT2D eigenvalue weighted by Crippen LogP contribution is 2.45. The van der Waals surface area contributed by atoms with E-state index in [1.807, 2.05) is 0 Å². The summed E-state index contributed by atoms with van der Waals surface area (Å²) in [5.41, 5.74) is 0. The first-order valence-electron chi connectivity index (χ1n) is 40.0. The predicted molar refractivity (Wildman–Crippen MR) is 391 cm³/mol. The van der Waals surface area contributed by atoms with Crippen LogP contribution < -0.4 is 0 Å². The van der Waals surface area contributed by atoms with Gasteiger partial charge in [-0.3, -0.25) is 37.3 Å². The van der Waals surface area contributed by atoms with Crippen LogP contribution in [0, 0.1) is 11.8 Å². The summed E-state index contributed by atoms with van der Waals surface area (Å²) in [6.07, 6.45) is 57.3. The van der Waals surface area contributed by atoms with Crippen molar-refractivity contribution in [2.75, 3.05) is 39.6 Å². The van der Waals surface area contributed by atoms with Crippen molar-refractivity contribution >= 4 is 39.5 Å². The zero-order chi connectivity index (χ0) is 70.7. The van der Waals surface area contributed by atoms with Crippen molar-refractivity contribution in [1.82, 2.24) is 0 Å². The summed E-state index contributed by atoms with van der Waals surface area (Å²) in [5.74, 6) is -0.582. The summed E-state index contributed by atoms with van der Waals surface area (Å²) in [6, 6.07) is 0. The first-order chi connectivity index (χ1) is 46.4. The number of ether oxygens (including phenoxy) is 4. The first-order valence-corrected chi connectivity index (χ1v) is 43.0. The van der Waals surface area contributed by atoms with E-state index in [0.717, 1.165) is 102 Å². The number of aliphatic hydroxyl groups is 1. The van der Waals surface area contributed by atoms with E-state index in [-0.39, 0.29) is 25.7 Å². The van der Waals surface area contributed by atoms with Crippen molar-refractivity contribution < 1.29 is 80.2 Å². The quantitative estimate of drug-likeness (QED) is 0.0222. The van der Waals surface area contributed by atoms with Crippen LogP contribution in [0.15, 0.2) is 0 Å². The molecule has 0 fully saturated rings. The fourth-order valence-corrected chi connectivity index (χ4v) is 13.4. The number of unbranched alkanes of at least 4 members (excludes halogenated alkanes) is 45. The van der Waals surface area contributed by atoms with Crippen molar-refractivity contribution in [2.45, 2.75) is 419 Å². The fraction of sp³-hybridized carbons (Fsp3) is 0.948. The Labute approximate surface area is 588 Å². The maximum Gasteiger partial charge on any atom is 0.472 e. The summed E-state index contributed by atoms with van der Waals surface area (Å²) >= 11 is 0. The topological polar surface area (TPSA) is 237 Å². The molecule has 3 N–H and O–H groups in total. The molecule has 0 aliphatic carbocycles. The minimum atomic E-state index is -4.96. The Kier molecular flexibility index (Phi) is 67.4. The van der Waals surface area contributed by atoms with E-state index in [1.54, 1.807) is 0 Å². The number of aliphatic hydroxyl groups excluding tert-OH is 1. The molecule has 19 heteroatoms. The molecule has 0 saturated carbocycles. The number of hydrogen-bond acceptors (Lipinski definition) is 15. The third-order valence-electron chi connectivity index (χ3n) is 18.3. The highest BCUT2D eigenvalue weighted by atomic mass is 31.2. The molecule has 17 nitrogen and oxygen atoms in total. The first kappa shape index (κ1) is 94.1. The van der Waals surface area contributed by atoms with Gasteiger partial charge in [0, 0.05) is 25.7 Å². The number of phosphoric ester groups is 2. The summed E-state index contributed by atoms with van der Waals surface area (Å²) in [6.45, 7) is 9.54. The third kappa shape index (κ3) is 69.2. The van der Waals surface area contributed by atoms with Gasteiger partial charge in [-0.15, -0.1) is 0 Å². The molecule has 0 rings (SSSR count). The number of phosphoric acid groups is 2. The SMILES string of the molecule is CCCCCCCCCCCCCCCCCCCC(=O)OC[C@H](COP(=O)(O)OC[C@@H](O)COP(=O)(O)OC[C@@H](COC(=O)CCCCCCCCCC)OC(=O)CCCCCCCCC(C)C)OC(=O)CCCCCCCCCCCCCCCCCCCCC(C)CC. The van der Waals surface area contributed by atoms with Crippen LogP contribution in [0.2, 0.25) is 0 Å². The zero-order valence-corrected chi connectivity index (χ0v) is 64.5. The number of carbonyl (C=O) groups excluding carboxylic acids is 4. The minimum Gasteiger partial charge on any atom is -0.462 e. The number of carbonyl (C=O) groups is 4. The lowest BCUT2D eigenvalue weighted by Gasteiger charge is -2.21. The van der Waals surface area contributed by atoms with Crippen LogP contribution in [0.4, 0.5) is 0 Å². The molecule has 0 aromatic rings.